The Hall–Kier alpha value is -1.95. The largest absolute Gasteiger partial charge is 0.478 e. The first-order chi connectivity index (χ1) is 8.43. The fourth-order valence-corrected chi connectivity index (χ4v) is 1.64. The number of pyridine rings is 1. The minimum atomic E-state index is -0.970. The molecule has 6 heteroatoms. The highest BCUT2D eigenvalue weighted by Crippen LogP contribution is 2.16. The Bertz CT molecular complexity index is 589. The van der Waals surface area contributed by atoms with Crippen LogP contribution < -0.4 is 0 Å². The van der Waals surface area contributed by atoms with E-state index in [1.54, 1.807) is 17.6 Å². The van der Waals surface area contributed by atoms with E-state index in [2.05, 4.69) is 10.2 Å². The second kappa shape index (κ2) is 4.38. The zero-order valence-electron chi connectivity index (χ0n) is 10.5. The number of nitrogens with zero attached hydrogens (tertiary/aromatic N) is 3. The molecule has 1 N–H and O–H groups in total. The van der Waals surface area contributed by atoms with Gasteiger partial charge in [0.1, 0.15) is 5.82 Å². The molecule has 2 aromatic rings. The molecule has 0 aromatic carbocycles. The lowest BCUT2D eigenvalue weighted by atomic mass is 10.1. The Balaban J connectivity index is 2.45. The van der Waals surface area contributed by atoms with Gasteiger partial charge in [0.2, 0.25) is 0 Å². The van der Waals surface area contributed by atoms with Gasteiger partial charge < -0.3 is 9.84 Å². The lowest BCUT2D eigenvalue weighted by Crippen LogP contribution is -2.26. The summed E-state index contributed by atoms with van der Waals surface area (Å²) in [5.74, 6) is -0.289. The van der Waals surface area contributed by atoms with Crippen LogP contribution in [0.25, 0.3) is 5.65 Å². The molecular weight excluding hydrogens is 234 g/mol. The maximum atomic E-state index is 10.9. The third kappa shape index (κ3) is 2.33. The van der Waals surface area contributed by atoms with Gasteiger partial charge in [0.25, 0.3) is 0 Å². The van der Waals surface area contributed by atoms with Gasteiger partial charge in [-0.15, -0.1) is 10.2 Å². The quantitative estimate of drug-likeness (QED) is 0.886. The van der Waals surface area contributed by atoms with Crippen molar-refractivity contribution in [1.82, 2.24) is 14.6 Å². The molecule has 0 aliphatic carbocycles. The monoisotopic (exact) mass is 249 g/mol. The van der Waals surface area contributed by atoms with E-state index in [1.807, 2.05) is 13.8 Å². The number of carboxylic acids is 1. The van der Waals surface area contributed by atoms with E-state index in [1.165, 1.54) is 12.3 Å². The Kier molecular flexibility index (Phi) is 3.04. The Morgan fingerprint density at radius 1 is 1.44 bits per heavy atom. The van der Waals surface area contributed by atoms with Crippen LogP contribution in [0.4, 0.5) is 0 Å². The molecule has 0 aliphatic rings. The maximum absolute atomic E-state index is 10.9. The molecule has 0 fully saturated rings. The number of fused-ring (bicyclic) bond motifs is 1. The highest BCUT2D eigenvalue weighted by Gasteiger charge is 2.21. The first-order valence-corrected chi connectivity index (χ1v) is 5.55. The van der Waals surface area contributed by atoms with E-state index < -0.39 is 5.97 Å². The lowest BCUT2D eigenvalue weighted by Gasteiger charge is -2.21. The number of ether oxygens (including phenoxy) is 1. The van der Waals surface area contributed by atoms with E-state index >= 15 is 0 Å². The van der Waals surface area contributed by atoms with Gasteiger partial charge in [-0.05, 0) is 26.0 Å². The summed E-state index contributed by atoms with van der Waals surface area (Å²) in [6, 6.07) is 3.15. The molecule has 6 nitrogen and oxygen atoms in total. The molecule has 0 bridgehead atoms. The molecule has 0 saturated heterocycles. The van der Waals surface area contributed by atoms with Crippen molar-refractivity contribution in [2.24, 2.45) is 0 Å². The van der Waals surface area contributed by atoms with Crippen molar-refractivity contribution in [2.45, 2.75) is 25.9 Å². The summed E-state index contributed by atoms with van der Waals surface area (Å²) < 4.78 is 7.02. The van der Waals surface area contributed by atoms with Crippen molar-refractivity contribution in [3.05, 3.63) is 29.7 Å². The number of carbonyl (C=O) groups is 1. The Morgan fingerprint density at radius 2 is 2.17 bits per heavy atom. The molecule has 2 rings (SSSR count). The molecule has 0 aliphatic heterocycles. The van der Waals surface area contributed by atoms with Gasteiger partial charge in [-0.3, -0.25) is 4.40 Å². The zero-order valence-corrected chi connectivity index (χ0v) is 10.5. The number of hydrogen-bond donors (Lipinski definition) is 1. The summed E-state index contributed by atoms with van der Waals surface area (Å²) in [5, 5.41) is 17.0. The average molecular weight is 249 g/mol. The summed E-state index contributed by atoms with van der Waals surface area (Å²) in [5.41, 5.74) is 0.461. The van der Waals surface area contributed by atoms with Crippen LogP contribution in [0, 0.1) is 0 Å². The van der Waals surface area contributed by atoms with Gasteiger partial charge >= 0.3 is 5.97 Å². The Labute approximate surface area is 104 Å². The van der Waals surface area contributed by atoms with Gasteiger partial charge in [-0.25, -0.2) is 4.79 Å². The van der Waals surface area contributed by atoms with Crippen molar-refractivity contribution in [1.29, 1.82) is 0 Å². The first kappa shape index (κ1) is 12.5. The molecule has 0 atom stereocenters. The topological polar surface area (TPSA) is 76.7 Å². The summed E-state index contributed by atoms with van der Waals surface area (Å²) in [6.07, 6.45) is 2.08. The third-order valence-electron chi connectivity index (χ3n) is 2.86. The van der Waals surface area contributed by atoms with Crippen LogP contribution in [-0.4, -0.2) is 38.4 Å². The van der Waals surface area contributed by atoms with Gasteiger partial charge in [-0.2, -0.15) is 0 Å². The maximum Gasteiger partial charge on any atom is 0.337 e. The molecule has 2 aromatic heterocycles. The van der Waals surface area contributed by atoms with Crippen molar-refractivity contribution < 1.29 is 14.6 Å². The van der Waals surface area contributed by atoms with Crippen LogP contribution in [0.3, 0.4) is 0 Å². The molecule has 96 valence electrons. The average Bonchev–Trinajstić information content (AvgIpc) is 2.71. The van der Waals surface area contributed by atoms with Gasteiger partial charge in [0.15, 0.2) is 5.65 Å². The van der Waals surface area contributed by atoms with Gasteiger partial charge in [0, 0.05) is 19.7 Å². The fraction of sp³-hybridized carbons (Fsp3) is 0.417. The predicted octanol–water partition coefficient (Wildman–Crippen LogP) is 1.40. The smallest absolute Gasteiger partial charge is 0.337 e. The number of aromatic carboxylic acids is 1. The number of aromatic nitrogens is 3. The molecule has 0 saturated carbocycles. The Morgan fingerprint density at radius 3 is 2.78 bits per heavy atom. The van der Waals surface area contributed by atoms with E-state index in [0.29, 0.717) is 17.9 Å². The van der Waals surface area contributed by atoms with Crippen molar-refractivity contribution >= 4 is 11.6 Å². The third-order valence-corrected chi connectivity index (χ3v) is 2.86. The van der Waals surface area contributed by atoms with Crippen LogP contribution in [0.5, 0.6) is 0 Å². The van der Waals surface area contributed by atoms with E-state index in [9.17, 15) is 4.79 Å². The molecule has 0 spiro atoms. The molecule has 0 amide bonds. The van der Waals surface area contributed by atoms with Crippen molar-refractivity contribution in [3.8, 4) is 0 Å². The van der Waals surface area contributed by atoms with Crippen LogP contribution in [-0.2, 0) is 11.2 Å². The standard InChI is InChI=1S/C12H15N3O3/c1-12(2,18-3)6-10-14-13-9-5-4-8(11(16)17)7-15(9)10/h4-5,7H,6H2,1-3H3,(H,16,17). The second-order valence-electron chi connectivity index (χ2n) is 4.71. The van der Waals surface area contributed by atoms with E-state index in [-0.39, 0.29) is 11.2 Å². The van der Waals surface area contributed by atoms with Crippen LogP contribution in [0.15, 0.2) is 18.3 Å². The molecule has 18 heavy (non-hydrogen) atoms. The lowest BCUT2D eigenvalue weighted by molar-refractivity contribution is 0.0214. The van der Waals surface area contributed by atoms with Gasteiger partial charge in [0.05, 0.1) is 11.2 Å². The second-order valence-corrected chi connectivity index (χ2v) is 4.71. The fourth-order valence-electron chi connectivity index (χ4n) is 1.64. The molecule has 0 unspecified atom stereocenters. The minimum Gasteiger partial charge on any atom is -0.478 e. The van der Waals surface area contributed by atoms with Crippen LogP contribution >= 0.6 is 0 Å². The summed E-state index contributed by atoms with van der Waals surface area (Å²) >= 11 is 0. The van der Waals surface area contributed by atoms with Crippen molar-refractivity contribution in [2.75, 3.05) is 7.11 Å². The summed E-state index contributed by atoms with van der Waals surface area (Å²) in [4.78, 5) is 10.9. The summed E-state index contributed by atoms with van der Waals surface area (Å²) in [6.45, 7) is 3.88. The van der Waals surface area contributed by atoms with Crippen molar-refractivity contribution in [3.63, 3.8) is 0 Å². The van der Waals surface area contributed by atoms with Crippen LogP contribution in [0.2, 0.25) is 0 Å². The first-order valence-electron chi connectivity index (χ1n) is 5.55. The number of hydrogen-bond acceptors (Lipinski definition) is 4. The predicted molar refractivity (Wildman–Crippen MR) is 64.7 cm³/mol. The van der Waals surface area contributed by atoms with E-state index in [0.717, 1.165) is 0 Å². The van der Waals surface area contributed by atoms with Gasteiger partial charge in [-0.1, -0.05) is 0 Å². The zero-order chi connectivity index (χ0) is 13.3. The normalized spacial score (nSPS) is 11.9. The molecule has 2 heterocycles. The number of methoxy groups -OCH3 is 1. The summed E-state index contributed by atoms with van der Waals surface area (Å²) in [7, 11) is 1.63. The SMILES string of the molecule is COC(C)(C)Cc1nnc2ccc(C(=O)O)cn12. The highest BCUT2D eigenvalue weighted by atomic mass is 16.5. The minimum absolute atomic E-state index is 0.207. The molecular formula is C12H15N3O3. The number of carboxylic acid groups (broad SMARTS) is 1. The van der Waals surface area contributed by atoms with Crippen LogP contribution in [0.1, 0.15) is 30.0 Å². The van der Waals surface area contributed by atoms with E-state index in [4.69, 9.17) is 9.84 Å². The highest BCUT2D eigenvalue weighted by molar-refractivity contribution is 5.87. The molecule has 0 radical (unpaired) electrons. The number of rotatable bonds is 4.